The summed E-state index contributed by atoms with van der Waals surface area (Å²) in [6, 6.07) is 0. The summed E-state index contributed by atoms with van der Waals surface area (Å²) in [5.74, 6) is -0.110. The van der Waals surface area contributed by atoms with Gasteiger partial charge in [0, 0.05) is 17.3 Å². The molecular formula is C10H13N5OS. The van der Waals surface area contributed by atoms with Crippen LogP contribution in [0.25, 0.3) is 0 Å². The average Bonchev–Trinajstić information content (AvgIpc) is 2.85. The number of hydrogen-bond donors (Lipinski definition) is 2. The van der Waals surface area contributed by atoms with Gasteiger partial charge in [0.25, 0.3) is 0 Å². The Hall–Kier alpha value is -1.89. The first kappa shape index (κ1) is 11.6. The lowest BCUT2D eigenvalue weighted by Gasteiger charge is -2.02. The van der Waals surface area contributed by atoms with E-state index < -0.39 is 0 Å². The normalized spacial score (nSPS) is 10.4. The molecule has 0 unspecified atom stereocenters. The van der Waals surface area contributed by atoms with Crippen molar-refractivity contribution >= 4 is 22.9 Å². The van der Waals surface area contributed by atoms with Crippen LogP contribution in [-0.4, -0.2) is 20.7 Å². The molecule has 0 saturated carbocycles. The van der Waals surface area contributed by atoms with Gasteiger partial charge in [-0.1, -0.05) is 0 Å². The second-order valence-electron chi connectivity index (χ2n) is 3.61. The summed E-state index contributed by atoms with van der Waals surface area (Å²) in [4.78, 5) is 16.9. The van der Waals surface area contributed by atoms with Gasteiger partial charge < -0.3 is 11.1 Å². The monoisotopic (exact) mass is 251 g/mol. The van der Waals surface area contributed by atoms with E-state index in [1.54, 1.807) is 23.7 Å². The van der Waals surface area contributed by atoms with Crippen LogP contribution in [0.1, 0.15) is 9.88 Å². The van der Waals surface area contributed by atoms with Gasteiger partial charge in [-0.25, -0.2) is 4.98 Å². The summed E-state index contributed by atoms with van der Waals surface area (Å²) < 4.78 is 1.50. The molecule has 0 saturated heterocycles. The van der Waals surface area contributed by atoms with Crippen molar-refractivity contribution in [1.29, 1.82) is 0 Å². The Balaban J connectivity index is 1.82. The molecule has 17 heavy (non-hydrogen) atoms. The first-order chi connectivity index (χ1) is 8.13. The molecular weight excluding hydrogens is 238 g/mol. The fourth-order valence-electron chi connectivity index (χ4n) is 1.33. The second kappa shape index (κ2) is 4.96. The fourth-order valence-corrected chi connectivity index (χ4v) is 2.05. The average molecular weight is 251 g/mol. The molecule has 0 aromatic carbocycles. The number of aryl methyl sites for hydroxylation is 1. The highest BCUT2D eigenvalue weighted by Gasteiger charge is 2.05. The van der Waals surface area contributed by atoms with Crippen molar-refractivity contribution in [2.24, 2.45) is 0 Å². The lowest BCUT2D eigenvalue weighted by molar-refractivity contribution is -0.122. The Morgan fingerprint density at radius 1 is 1.59 bits per heavy atom. The van der Waals surface area contributed by atoms with Crippen LogP contribution in [0, 0.1) is 6.92 Å². The quantitative estimate of drug-likeness (QED) is 0.830. The zero-order valence-electron chi connectivity index (χ0n) is 9.38. The van der Waals surface area contributed by atoms with Crippen LogP contribution >= 0.6 is 11.3 Å². The fraction of sp³-hybridized carbons (Fsp3) is 0.300. The van der Waals surface area contributed by atoms with E-state index in [4.69, 9.17) is 5.73 Å². The predicted molar refractivity (Wildman–Crippen MR) is 65.3 cm³/mol. The van der Waals surface area contributed by atoms with Crippen LogP contribution in [0.15, 0.2) is 18.6 Å². The van der Waals surface area contributed by atoms with Gasteiger partial charge >= 0.3 is 0 Å². The first-order valence-electron chi connectivity index (χ1n) is 5.09. The van der Waals surface area contributed by atoms with Gasteiger partial charge in [0.05, 0.1) is 18.4 Å². The second-order valence-corrected chi connectivity index (χ2v) is 4.93. The summed E-state index contributed by atoms with van der Waals surface area (Å²) in [6.45, 7) is 2.60. The molecule has 0 fully saturated rings. The van der Waals surface area contributed by atoms with Gasteiger partial charge in [0.2, 0.25) is 5.91 Å². The standard InChI is InChI=1S/C10H13N5OS/c1-7-2-13-10(17-7)4-12-9(16)6-15-5-8(11)3-14-15/h2-3,5H,4,6,11H2,1H3,(H,12,16). The van der Waals surface area contributed by atoms with Gasteiger partial charge in [-0.3, -0.25) is 9.48 Å². The van der Waals surface area contributed by atoms with Gasteiger partial charge in [-0.15, -0.1) is 11.3 Å². The summed E-state index contributed by atoms with van der Waals surface area (Å²) in [6.07, 6.45) is 4.92. The van der Waals surface area contributed by atoms with E-state index in [2.05, 4.69) is 15.4 Å². The van der Waals surface area contributed by atoms with Gasteiger partial charge in [-0.05, 0) is 6.92 Å². The zero-order valence-corrected chi connectivity index (χ0v) is 10.2. The number of carbonyl (C=O) groups is 1. The van der Waals surface area contributed by atoms with E-state index in [1.165, 1.54) is 10.9 Å². The highest BCUT2D eigenvalue weighted by molar-refractivity contribution is 7.11. The number of rotatable bonds is 4. The summed E-state index contributed by atoms with van der Waals surface area (Å²) in [7, 11) is 0. The maximum atomic E-state index is 11.6. The number of aromatic nitrogens is 3. The number of hydrogen-bond acceptors (Lipinski definition) is 5. The molecule has 2 heterocycles. The van der Waals surface area contributed by atoms with Crippen LogP contribution in [0.3, 0.4) is 0 Å². The minimum absolute atomic E-state index is 0.110. The van der Waals surface area contributed by atoms with Crippen molar-refractivity contribution in [1.82, 2.24) is 20.1 Å². The molecule has 0 aliphatic carbocycles. The molecule has 2 aromatic heterocycles. The number of nitrogens with one attached hydrogen (secondary N) is 1. The summed E-state index contributed by atoms with van der Waals surface area (Å²) in [5, 5.41) is 7.61. The van der Waals surface area contributed by atoms with Crippen molar-refractivity contribution in [3.63, 3.8) is 0 Å². The minimum Gasteiger partial charge on any atom is -0.396 e. The Morgan fingerprint density at radius 3 is 3.00 bits per heavy atom. The smallest absolute Gasteiger partial charge is 0.242 e. The van der Waals surface area contributed by atoms with Crippen LogP contribution < -0.4 is 11.1 Å². The molecule has 0 bridgehead atoms. The van der Waals surface area contributed by atoms with E-state index in [9.17, 15) is 4.79 Å². The molecule has 2 rings (SSSR count). The lowest BCUT2D eigenvalue weighted by atomic mass is 10.5. The van der Waals surface area contributed by atoms with Crippen molar-refractivity contribution in [2.75, 3.05) is 5.73 Å². The highest BCUT2D eigenvalue weighted by atomic mass is 32.1. The topological polar surface area (TPSA) is 85.8 Å². The number of thiazole rings is 1. The first-order valence-corrected chi connectivity index (χ1v) is 5.91. The van der Waals surface area contributed by atoms with Gasteiger partial charge in [0.1, 0.15) is 11.6 Å². The molecule has 0 aliphatic rings. The number of amides is 1. The molecule has 90 valence electrons. The van der Waals surface area contributed by atoms with E-state index in [1.807, 2.05) is 6.92 Å². The van der Waals surface area contributed by atoms with E-state index >= 15 is 0 Å². The molecule has 3 N–H and O–H groups in total. The SMILES string of the molecule is Cc1cnc(CNC(=O)Cn2cc(N)cn2)s1. The van der Waals surface area contributed by atoms with Crippen LogP contribution in [-0.2, 0) is 17.9 Å². The van der Waals surface area contributed by atoms with E-state index in [0.717, 1.165) is 9.88 Å². The van der Waals surface area contributed by atoms with Gasteiger partial charge in [0.15, 0.2) is 0 Å². The number of anilines is 1. The van der Waals surface area contributed by atoms with E-state index in [0.29, 0.717) is 12.2 Å². The maximum absolute atomic E-state index is 11.6. The molecule has 0 atom stereocenters. The molecule has 6 nitrogen and oxygen atoms in total. The predicted octanol–water partition coefficient (Wildman–Crippen LogP) is 0.547. The Labute approximate surface area is 102 Å². The van der Waals surface area contributed by atoms with Crippen molar-refractivity contribution < 1.29 is 4.79 Å². The van der Waals surface area contributed by atoms with Crippen molar-refractivity contribution in [3.8, 4) is 0 Å². The summed E-state index contributed by atoms with van der Waals surface area (Å²) >= 11 is 1.57. The molecule has 0 spiro atoms. The van der Waals surface area contributed by atoms with Gasteiger partial charge in [-0.2, -0.15) is 5.10 Å². The third-order valence-electron chi connectivity index (χ3n) is 2.06. The highest BCUT2D eigenvalue weighted by Crippen LogP contribution is 2.10. The van der Waals surface area contributed by atoms with Crippen molar-refractivity contribution in [3.05, 3.63) is 28.5 Å². The zero-order chi connectivity index (χ0) is 12.3. The van der Waals surface area contributed by atoms with Crippen LogP contribution in [0.2, 0.25) is 0 Å². The van der Waals surface area contributed by atoms with Crippen molar-refractivity contribution in [2.45, 2.75) is 20.0 Å². The Kier molecular flexibility index (Phi) is 3.38. The molecule has 2 aromatic rings. The molecule has 0 aliphatic heterocycles. The van der Waals surface area contributed by atoms with Crippen LogP contribution in [0.4, 0.5) is 5.69 Å². The number of nitrogen functional groups attached to an aromatic ring is 1. The molecule has 0 radical (unpaired) electrons. The molecule has 7 heteroatoms. The summed E-state index contributed by atoms with van der Waals surface area (Å²) in [5.41, 5.74) is 6.05. The third kappa shape index (κ3) is 3.28. The number of nitrogens with zero attached hydrogens (tertiary/aromatic N) is 3. The molecule has 1 amide bonds. The Morgan fingerprint density at radius 2 is 2.41 bits per heavy atom. The third-order valence-corrected chi connectivity index (χ3v) is 2.98. The number of nitrogens with two attached hydrogens (primary N) is 1. The number of carbonyl (C=O) groups excluding carboxylic acids is 1. The van der Waals surface area contributed by atoms with E-state index in [-0.39, 0.29) is 12.5 Å². The Bertz CT molecular complexity index is 518. The lowest BCUT2D eigenvalue weighted by Crippen LogP contribution is -2.27. The van der Waals surface area contributed by atoms with Crippen LogP contribution in [0.5, 0.6) is 0 Å². The minimum atomic E-state index is -0.110. The largest absolute Gasteiger partial charge is 0.396 e. The maximum Gasteiger partial charge on any atom is 0.242 e.